The smallest absolute Gasteiger partial charge is 0.359 e. The SMILES string of the molecule is Cc1cn(C2CC(N=[N+]=[N-])[C@@H](COP(=O)(O)C(N)=O)O2)c(=O)[nH]c1=O. The summed E-state index contributed by atoms with van der Waals surface area (Å²) in [7, 11) is -4.67. The first-order valence-corrected chi connectivity index (χ1v) is 8.52. The zero-order valence-electron chi connectivity index (χ0n) is 12.9. The molecule has 0 saturated carbocycles. The van der Waals surface area contributed by atoms with Crippen molar-refractivity contribution in [2.45, 2.75) is 31.7 Å². The molecule has 14 heteroatoms. The van der Waals surface area contributed by atoms with E-state index in [9.17, 15) is 23.8 Å². The molecule has 0 spiro atoms. The van der Waals surface area contributed by atoms with Gasteiger partial charge < -0.3 is 15.4 Å². The summed E-state index contributed by atoms with van der Waals surface area (Å²) in [6, 6.07) is -0.831. The molecule has 1 fully saturated rings. The minimum absolute atomic E-state index is 0.0514. The van der Waals surface area contributed by atoms with Crippen LogP contribution in [0.1, 0.15) is 18.2 Å². The number of nitrogens with one attached hydrogen (secondary N) is 1. The third-order valence-electron chi connectivity index (χ3n) is 3.55. The van der Waals surface area contributed by atoms with Gasteiger partial charge in [-0.05, 0) is 12.5 Å². The molecule has 13 nitrogen and oxygen atoms in total. The lowest BCUT2D eigenvalue weighted by atomic mass is 10.1. The predicted molar refractivity (Wildman–Crippen MR) is 82.9 cm³/mol. The second kappa shape index (κ2) is 7.21. The molecule has 0 bridgehead atoms. The Bertz CT molecular complexity index is 888. The molecule has 3 unspecified atom stereocenters. The quantitative estimate of drug-likeness (QED) is 0.271. The van der Waals surface area contributed by atoms with Gasteiger partial charge in [0.2, 0.25) is 0 Å². The van der Waals surface area contributed by atoms with Gasteiger partial charge in [-0.2, -0.15) is 0 Å². The van der Waals surface area contributed by atoms with Crippen LogP contribution in [0.4, 0.5) is 4.79 Å². The Morgan fingerprint density at radius 3 is 2.96 bits per heavy atom. The largest absolute Gasteiger partial charge is 0.415 e. The lowest BCUT2D eigenvalue weighted by Crippen LogP contribution is -2.33. The topological polar surface area (TPSA) is 202 Å². The molecule has 1 aromatic heterocycles. The third-order valence-corrected chi connectivity index (χ3v) is 4.61. The van der Waals surface area contributed by atoms with E-state index in [1.807, 2.05) is 0 Å². The number of H-pyrrole nitrogens is 1. The molecule has 0 aromatic carbocycles. The number of hydrogen-bond donors (Lipinski definition) is 3. The van der Waals surface area contributed by atoms with Crippen molar-refractivity contribution < 1.29 is 23.5 Å². The number of aromatic amines is 1. The highest BCUT2D eigenvalue weighted by Crippen LogP contribution is 2.43. The summed E-state index contributed by atoms with van der Waals surface area (Å²) in [5.74, 6) is 0. The molecule has 1 aromatic rings. The molecule has 0 radical (unpaired) electrons. The van der Waals surface area contributed by atoms with E-state index in [2.05, 4.69) is 19.5 Å². The fourth-order valence-electron chi connectivity index (χ4n) is 2.26. The molecular formula is C11H15N6O7P. The number of rotatable bonds is 6. The molecule has 1 aliphatic rings. The molecule has 136 valence electrons. The first-order chi connectivity index (χ1) is 11.7. The lowest BCUT2D eigenvalue weighted by molar-refractivity contribution is -0.0235. The van der Waals surface area contributed by atoms with E-state index < -0.39 is 49.5 Å². The molecule has 2 rings (SSSR count). The summed E-state index contributed by atoms with van der Waals surface area (Å²) in [5, 5.41) is 3.50. The van der Waals surface area contributed by atoms with Crippen LogP contribution in [-0.4, -0.2) is 38.8 Å². The molecule has 4 atom stereocenters. The number of nitrogens with zero attached hydrogens (tertiary/aromatic N) is 4. The Morgan fingerprint density at radius 1 is 1.68 bits per heavy atom. The number of hydrogen-bond acceptors (Lipinski definition) is 7. The number of carbonyl (C=O) groups is 1. The minimum Gasteiger partial charge on any atom is -0.359 e. The standard InChI is InChI=1S/C11H15N6O7P/c1-5-3-17(11(20)14-9(5)18)8-2-6(15-16-13)7(24-8)4-23-25(21,22)10(12)19/h3,6-8H,2,4H2,1H3,(H2,12,19)(H,21,22)(H,14,18,20)/t6?,7-,8?/m1/s1. The summed E-state index contributed by atoms with van der Waals surface area (Å²) in [6.07, 6.45) is -0.572. The van der Waals surface area contributed by atoms with Crippen molar-refractivity contribution in [2.75, 3.05) is 6.61 Å². The first kappa shape index (κ1) is 18.9. The summed E-state index contributed by atoms with van der Waals surface area (Å²) >= 11 is 0. The van der Waals surface area contributed by atoms with E-state index in [0.717, 1.165) is 4.57 Å². The van der Waals surface area contributed by atoms with Crippen molar-refractivity contribution in [3.05, 3.63) is 43.0 Å². The number of amides is 1. The fourth-order valence-corrected chi connectivity index (χ4v) is 2.74. The predicted octanol–water partition coefficient (Wildman–Crippen LogP) is 0.0921. The van der Waals surface area contributed by atoms with Gasteiger partial charge in [-0.25, -0.2) is 9.36 Å². The highest BCUT2D eigenvalue weighted by Gasteiger charge is 2.39. The molecule has 1 saturated heterocycles. The summed E-state index contributed by atoms with van der Waals surface area (Å²) in [6.45, 7) is 0.929. The highest BCUT2D eigenvalue weighted by atomic mass is 31.2. The van der Waals surface area contributed by atoms with Gasteiger partial charge in [-0.3, -0.25) is 23.7 Å². The zero-order chi connectivity index (χ0) is 18.8. The van der Waals surface area contributed by atoms with Gasteiger partial charge in [0.1, 0.15) is 6.23 Å². The Kier molecular flexibility index (Phi) is 5.45. The second-order valence-electron chi connectivity index (χ2n) is 5.27. The van der Waals surface area contributed by atoms with E-state index in [4.69, 9.17) is 16.0 Å². The van der Waals surface area contributed by atoms with Crippen molar-refractivity contribution in [3.63, 3.8) is 0 Å². The van der Waals surface area contributed by atoms with Crippen LogP contribution in [0.25, 0.3) is 10.4 Å². The number of aryl methyl sites for hydroxylation is 1. The average molecular weight is 374 g/mol. The van der Waals surface area contributed by atoms with Crippen LogP contribution in [0.2, 0.25) is 0 Å². The third kappa shape index (κ3) is 4.16. The maximum Gasteiger partial charge on any atom is 0.415 e. The van der Waals surface area contributed by atoms with Crippen LogP contribution in [0, 0.1) is 6.92 Å². The van der Waals surface area contributed by atoms with Crippen LogP contribution >= 0.6 is 7.60 Å². The Hall–Kier alpha value is -2.43. The van der Waals surface area contributed by atoms with Crippen LogP contribution in [-0.2, 0) is 13.8 Å². The lowest BCUT2D eigenvalue weighted by Gasteiger charge is -2.17. The number of primary amides is 1. The van der Waals surface area contributed by atoms with Crippen LogP contribution in [0.15, 0.2) is 20.9 Å². The number of azide groups is 1. The van der Waals surface area contributed by atoms with Gasteiger partial charge in [0, 0.05) is 23.1 Å². The Balaban J connectivity index is 2.23. The van der Waals surface area contributed by atoms with Crippen molar-refractivity contribution >= 4 is 13.2 Å². The molecular weight excluding hydrogens is 359 g/mol. The number of carbonyl (C=O) groups excluding carboxylic acids is 1. The maximum absolute atomic E-state index is 11.9. The van der Waals surface area contributed by atoms with Crippen LogP contribution in [0.3, 0.4) is 0 Å². The van der Waals surface area contributed by atoms with Gasteiger partial charge >= 0.3 is 18.9 Å². The maximum atomic E-state index is 11.9. The molecule has 0 aliphatic carbocycles. The van der Waals surface area contributed by atoms with Gasteiger partial charge in [0.15, 0.2) is 0 Å². The van der Waals surface area contributed by atoms with Gasteiger partial charge in [0.05, 0.1) is 18.8 Å². The number of nitrogens with two attached hydrogens (primary N) is 1. The average Bonchev–Trinajstić information content (AvgIpc) is 2.92. The summed E-state index contributed by atoms with van der Waals surface area (Å²) < 4.78 is 22.6. The number of aromatic nitrogens is 2. The molecule has 1 aliphatic heterocycles. The van der Waals surface area contributed by atoms with E-state index in [-0.39, 0.29) is 12.0 Å². The highest BCUT2D eigenvalue weighted by molar-refractivity contribution is 7.70. The van der Waals surface area contributed by atoms with Crippen molar-refractivity contribution in [1.29, 1.82) is 0 Å². The molecule has 1 amide bonds. The van der Waals surface area contributed by atoms with Crippen molar-refractivity contribution in [3.8, 4) is 0 Å². The van der Waals surface area contributed by atoms with Crippen molar-refractivity contribution in [1.82, 2.24) is 9.55 Å². The number of ether oxygens (including phenoxy) is 1. The van der Waals surface area contributed by atoms with Gasteiger partial charge in [-0.15, -0.1) is 0 Å². The minimum atomic E-state index is -4.67. The normalized spacial score (nSPS) is 25.1. The monoisotopic (exact) mass is 374 g/mol. The van der Waals surface area contributed by atoms with E-state index >= 15 is 0 Å². The Labute approximate surface area is 139 Å². The van der Waals surface area contributed by atoms with E-state index in [0.29, 0.717) is 0 Å². The summed E-state index contributed by atoms with van der Waals surface area (Å²) in [4.78, 5) is 48.2. The van der Waals surface area contributed by atoms with Crippen molar-refractivity contribution in [2.24, 2.45) is 10.8 Å². The van der Waals surface area contributed by atoms with Gasteiger partial charge in [0.25, 0.3) is 5.56 Å². The fraction of sp³-hybridized carbons (Fsp3) is 0.545. The van der Waals surface area contributed by atoms with Gasteiger partial charge in [-0.1, -0.05) is 5.11 Å². The molecule has 4 N–H and O–H groups in total. The van der Waals surface area contributed by atoms with Crippen LogP contribution < -0.4 is 17.0 Å². The molecule has 25 heavy (non-hydrogen) atoms. The summed E-state index contributed by atoms with van der Waals surface area (Å²) in [5.41, 5.74) is 10.8. The Morgan fingerprint density at radius 2 is 2.36 bits per heavy atom. The van der Waals surface area contributed by atoms with E-state index in [1.165, 1.54) is 13.1 Å². The second-order valence-corrected chi connectivity index (χ2v) is 7.01. The van der Waals surface area contributed by atoms with E-state index in [1.54, 1.807) is 0 Å². The molecule has 2 heterocycles. The van der Waals surface area contributed by atoms with Crippen LogP contribution in [0.5, 0.6) is 0 Å². The zero-order valence-corrected chi connectivity index (χ0v) is 13.8. The first-order valence-electron chi connectivity index (χ1n) is 6.94.